The zero-order chi connectivity index (χ0) is 18.2. The summed E-state index contributed by atoms with van der Waals surface area (Å²) in [5.74, 6) is -0.914. The highest BCUT2D eigenvalue weighted by Crippen LogP contribution is 2.20. The molecule has 0 heterocycles. The van der Waals surface area contributed by atoms with Crippen LogP contribution in [0.1, 0.15) is 5.56 Å². The number of halogens is 2. The van der Waals surface area contributed by atoms with Gasteiger partial charge in [-0.15, -0.1) is 0 Å². The van der Waals surface area contributed by atoms with E-state index in [1.807, 2.05) is 6.07 Å². The predicted molar refractivity (Wildman–Crippen MR) is 92.7 cm³/mol. The van der Waals surface area contributed by atoms with Crippen molar-refractivity contribution in [3.63, 3.8) is 0 Å². The lowest BCUT2D eigenvalue weighted by Gasteiger charge is -2.09. The average molecular weight is 379 g/mol. The summed E-state index contributed by atoms with van der Waals surface area (Å²) in [4.78, 5) is 23.4. The number of rotatable bonds is 6. The normalized spacial score (nSPS) is 9.80. The summed E-state index contributed by atoms with van der Waals surface area (Å²) >= 11 is 11.6. The van der Waals surface area contributed by atoms with Crippen molar-refractivity contribution >= 4 is 40.8 Å². The molecule has 2 aromatic carbocycles. The zero-order valence-electron chi connectivity index (χ0n) is 12.8. The van der Waals surface area contributed by atoms with Gasteiger partial charge in [0, 0.05) is 10.0 Å². The number of nitrogens with one attached hydrogen (secondary N) is 1. The summed E-state index contributed by atoms with van der Waals surface area (Å²) in [6.45, 7) is -0.886. The van der Waals surface area contributed by atoms with Gasteiger partial charge in [0.05, 0.1) is 11.3 Å². The van der Waals surface area contributed by atoms with Gasteiger partial charge in [-0.3, -0.25) is 4.79 Å². The van der Waals surface area contributed by atoms with Crippen LogP contribution >= 0.6 is 23.2 Å². The minimum atomic E-state index is -0.721. The van der Waals surface area contributed by atoms with E-state index in [1.165, 1.54) is 18.2 Å². The Labute approximate surface area is 153 Å². The Kier molecular flexibility index (Phi) is 6.63. The Morgan fingerprint density at radius 2 is 1.84 bits per heavy atom. The summed E-state index contributed by atoms with van der Waals surface area (Å²) in [7, 11) is 0. The smallest absolute Gasteiger partial charge is 0.344 e. The highest BCUT2D eigenvalue weighted by molar-refractivity contribution is 6.31. The van der Waals surface area contributed by atoms with Crippen LogP contribution in [-0.2, 0) is 14.3 Å². The lowest BCUT2D eigenvalue weighted by atomic mass is 10.2. The summed E-state index contributed by atoms with van der Waals surface area (Å²) < 4.78 is 10.0. The van der Waals surface area contributed by atoms with E-state index in [9.17, 15) is 9.59 Å². The second-order valence-corrected chi connectivity index (χ2v) is 5.63. The van der Waals surface area contributed by atoms with Crippen molar-refractivity contribution in [2.45, 2.75) is 0 Å². The number of carbonyl (C=O) groups excluding carboxylic acids is 2. The van der Waals surface area contributed by atoms with Gasteiger partial charge >= 0.3 is 5.97 Å². The summed E-state index contributed by atoms with van der Waals surface area (Å²) in [6, 6.07) is 12.9. The van der Waals surface area contributed by atoms with Gasteiger partial charge in [0.25, 0.3) is 5.91 Å². The van der Waals surface area contributed by atoms with E-state index in [0.29, 0.717) is 15.8 Å². The van der Waals surface area contributed by atoms with Crippen LogP contribution < -0.4 is 10.1 Å². The van der Waals surface area contributed by atoms with E-state index in [4.69, 9.17) is 37.9 Å². The van der Waals surface area contributed by atoms with Crippen LogP contribution in [0.15, 0.2) is 42.5 Å². The molecule has 25 heavy (non-hydrogen) atoms. The van der Waals surface area contributed by atoms with E-state index in [0.717, 1.165) is 0 Å². The third-order valence-corrected chi connectivity index (χ3v) is 3.36. The van der Waals surface area contributed by atoms with E-state index in [1.54, 1.807) is 24.3 Å². The van der Waals surface area contributed by atoms with Gasteiger partial charge in [0.1, 0.15) is 11.8 Å². The third-order valence-electron chi connectivity index (χ3n) is 2.89. The van der Waals surface area contributed by atoms with Gasteiger partial charge in [0.2, 0.25) is 0 Å². The Balaban J connectivity index is 1.81. The number of benzene rings is 2. The van der Waals surface area contributed by atoms with E-state index in [-0.39, 0.29) is 17.9 Å². The molecule has 0 bridgehead atoms. The van der Waals surface area contributed by atoms with Gasteiger partial charge in [-0.2, -0.15) is 5.26 Å². The van der Waals surface area contributed by atoms with Crippen LogP contribution in [0.3, 0.4) is 0 Å². The molecule has 0 fully saturated rings. The second-order valence-electron chi connectivity index (χ2n) is 4.76. The molecule has 2 rings (SSSR count). The number of ether oxygens (including phenoxy) is 2. The van der Waals surface area contributed by atoms with Gasteiger partial charge < -0.3 is 14.8 Å². The van der Waals surface area contributed by atoms with Gasteiger partial charge in [-0.05, 0) is 36.4 Å². The molecule has 0 spiro atoms. The molecule has 0 atom stereocenters. The third kappa shape index (κ3) is 5.99. The molecule has 0 unspecified atom stereocenters. The van der Waals surface area contributed by atoms with Crippen LogP contribution in [0, 0.1) is 11.3 Å². The van der Waals surface area contributed by atoms with Gasteiger partial charge in [-0.1, -0.05) is 29.3 Å². The number of anilines is 1. The SMILES string of the molecule is N#Cc1ccc(Cl)cc1NC(=O)COC(=O)COc1cccc(Cl)c1. The summed E-state index contributed by atoms with van der Waals surface area (Å²) in [5, 5.41) is 12.3. The zero-order valence-corrected chi connectivity index (χ0v) is 14.3. The Hall–Kier alpha value is -2.75. The van der Waals surface area contributed by atoms with Crippen molar-refractivity contribution in [3.05, 3.63) is 58.1 Å². The topological polar surface area (TPSA) is 88.4 Å². The molecule has 128 valence electrons. The fraction of sp³-hybridized carbons (Fsp3) is 0.118. The van der Waals surface area contributed by atoms with E-state index in [2.05, 4.69) is 5.32 Å². The maximum atomic E-state index is 11.8. The first-order valence-electron chi connectivity index (χ1n) is 7.01. The lowest BCUT2D eigenvalue weighted by Crippen LogP contribution is -2.24. The van der Waals surface area contributed by atoms with Gasteiger partial charge in [-0.25, -0.2) is 4.79 Å². The molecule has 0 radical (unpaired) electrons. The summed E-state index contributed by atoms with van der Waals surface area (Å²) in [6.07, 6.45) is 0. The van der Waals surface area contributed by atoms with Crippen LogP contribution in [0.5, 0.6) is 5.75 Å². The Morgan fingerprint density at radius 3 is 2.56 bits per heavy atom. The van der Waals surface area contributed by atoms with Crippen LogP contribution in [-0.4, -0.2) is 25.1 Å². The van der Waals surface area contributed by atoms with Crippen LogP contribution in [0.4, 0.5) is 5.69 Å². The lowest BCUT2D eigenvalue weighted by molar-refractivity contribution is -0.149. The molecule has 8 heteroatoms. The van der Waals surface area contributed by atoms with Crippen molar-refractivity contribution in [2.24, 2.45) is 0 Å². The number of amides is 1. The molecule has 0 saturated heterocycles. The quantitative estimate of drug-likeness (QED) is 0.777. The molecular formula is C17H12Cl2N2O4. The molecule has 0 aliphatic heterocycles. The second kappa shape index (κ2) is 8.92. The fourth-order valence-electron chi connectivity index (χ4n) is 1.79. The standard InChI is InChI=1S/C17H12Cl2N2O4/c18-12-2-1-3-14(6-12)24-10-17(23)25-9-16(22)21-15-7-13(19)5-4-11(15)8-20/h1-7H,9-10H2,(H,21,22). The number of nitriles is 1. The maximum Gasteiger partial charge on any atom is 0.344 e. The Bertz CT molecular complexity index is 834. The molecule has 0 aromatic heterocycles. The number of nitrogens with zero attached hydrogens (tertiary/aromatic N) is 1. The van der Waals surface area contributed by atoms with E-state index < -0.39 is 18.5 Å². The van der Waals surface area contributed by atoms with Crippen molar-refractivity contribution in [1.82, 2.24) is 0 Å². The molecule has 2 aromatic rings. The number of esters is 1. The molecule has 6 nitrogen and oxygen atoms in total. The number of hydrogen-bond acceptors (Lipinski definition) is 5. The Morgan fingerprint density at radius 1 is 1.08 bits per heavy atom. The molecular weight excluding hydrogens is 367 g/mol. The van der Waals surface area contributed by atoms with Crippen molar-refractivity contribution < 1.29 is 19.1 Å². The number of hydrogen-bond donors (Lipinski definition) is 1. The minimum Gasteiger partial charge on any atom is -0.482 e. The summed E-state index contributed by atoms with van der Waals surface area (Å²) in [5.41, 5.74) is 0.486. The molecule has 0 aliphatic rings. The molecule has 0 saturated carbocycles. The van der Waals surface area contributed by atoms with Crippen LogP contribution in [0.2, 0.25) is 10.0 Å². The first-order chi connectivity index (χ1) is 12.0. The van der Waals surface area contributed by atoms with E-state index >= 15 is 0 Å². The maximum absolute atomic E-state index is 11.8. The highest BCUT2D eigenvalue weighted by Gasteiger charge is 2.11. The minimum absolute atomic E-state index is 0.242. The molecule has 1 N–H and O–H groups in total. The number of carbonyl (C=O) groups is 2. The van der Waals surface area contributed by atoms with Crippen LogP contribution in [0.25, 0.3) is 0 Å². The predicted octanol–water partition coefficient (Wildman–Crippen LogP) is 3.43. The molecule has 0 aliphatic carbocycles. The largest absolute Gasteiger partial charge is 0.482 e. The molecule has 1 amide bonds. The van der Waals surface area contributed by atoms with Gasteiger partial charge in [0.15, 0.2) is 13.2 Å². The monoisotopic (exact) mass is 378 g/mol. The highest BCUT2D eigenvalue weighted by atomic mass is 35.5. The van der Waals surface area contributed by atoms with Crippen molar-refractivity contribution in [1.29, 1.82) is 5.26 Å². The fourth-order valence-corrected chi connectivity index (χ4v) is 2.14. The van der Waals surface area contributed by atoms with Crippen molar-refractivity contribution in [3.8, 4) is 11.8 Å². The first-order valence-corrected chi connectivity index (χ1v) is 7.77. The first kappa shape index (κ1) is 18.6. The average Bonchev–Trinajstić information content (AvgIpc) is 2.58. The van der Waals surface area contributed by atoms with Crippen molar-refractivity contribution in [2.75, 3.05) is 18.5 Å².